The number of nitrogens with one attached hydrogen (secondary N) is 2. The smallest absolute Gasteiger partial charge is 0.290 e. The normalized spacial score (nSPS) is 15.0. The fourth-order valence-corrected chi connectivity index (χ4v) is 3.88. The third kappa shape index (κ3) is 6.15. The highest BCUT2D eigenvalue weighted by Gasteiger charge is 2.18. The van der Waals surface area contributed by atoms with Gasteiger partial charge in [-0.05, 0) is 67.7 Å². The summed E-state index contributed by atoms with van der Waals surface area (Å²) in [5.74, 6) is 0.629. The van der Waals surface area contributed by atoms with Gasteiger partial charge in [0.05, 0.1) is 0 Å². The molecule has 32 heavy (non-hydrogen) atoms. The predicted molar refractivity (Wildman–Crippen MR) is 129 cm³/mol. The number of carbonyl (C=O) groups is 1. The molecule has 2 N–H and O–H groups in total. The summed E-state index contributed by atoms with van der Waals surface area (Å²) in [5, 5.41) is 8.19. The van der Waals surface area contributed by atoms with E-state index in [0.717, 1.165) is 48.7 Å². The van der Waals surface area contributed by atoms with Gasteiger partial charge in [0.15, 0.2) is 0 Å². The molecule has 7 heteroatoms. The van der Waals surface area contributed by atoms with Gasteiger partial charge in [-0.1, -0.05) is 54.1 Å². The number of piperidine rings is 1. The summed E-state index contributed by atoms with van der Waals surface area (Å²) < 4.78 is 0. The van der Waals surface area contributed by atoms with Crippen LogP contribution in [-0.4, -0.2) is 35.1 Å². The molecule has 0 spiro atoms. The minimum Gasteiger partial charge on any atom is -0.340 e. The number of halogens is 1. The number of benzene rings is 2. The van der Waals surface area contributed by atoms with Crippen LogP contribution >= 0.6 is 11.6 Å². The molecule has 1 fully saturated rings. The second-order valence-corrected chi connectivity index (χ2v) is 8.23. The first-order valence-corrected chi connectivity index (χ1v) is 11.1. The van der Waals surface area contributed by atoms with Gasteiger partial charge in [0.1, 0.15) is 11.5 Å². The number of hydrogen-bond acceptors (Lipinski definition) is 5. The van der Waals surface area contributed by atoms with Crippen molar-refractivity contribution in [2.75, 3.05) is 18.4 Å². The predicted octanol–water partition coefficient (Wildman–Crippen LogP) is 5.11. The zero-order valence-corrected chi connectivity index (χ0v) is 18.5. The number of rotatable bonds is 7. The lowest BCUT2D eigenvalue weighted by molar-refractivity contribution is 0.0950. The fraction of sp³-hybridized carbons (Fsp3) is 0.240. The van der Waals surface area contributed by atoms with Crippen LogP contribution in [-0.2, 0) is 6.54 Å². The number of anilines is 2. The van der Waals surface area contributed by atoms with E-state index in [-0.39, 0.29) is 5.91 Å². The zero-order chi connectivity index (χ0) is 22.2. The molecule has 0 saturated carbocycles. The first-order chi connectivity index (χ1) is 15.7. The van der Waals surface area contributed by atoms with Crippen LogP contribution in [0.15, 0.2) is 77.9 Å². The molecule has 0 atom stereocenters. The Morgan fingerprint density at radius 3 is 2.56 bits per heavy atom. The molecule has 0 bridgehead atoms. The van der Waals surface area contributed by atoms with Crippen LogP contribution in [0.5, 0.6) is 0 Å². The van der Waals surface area contributed by atoms with E-state index in [4.69, 9.17) is 11.6 Å². The number of hydrogen-bond donors (Lipinski definition) is 2. The molecule has 1 amide bonds. The van der Waals surface area contributed by atoms with E-state index in [1.807, 2.05) is 60.8 Å². The highest BCUT2D eigenvalue weighted by atomic mass is 35.5. The van der Waals surface area contributed by atoms with Crippen molar-refractivity contribution >= 4 is 35.2 Å². The molecule has 2 aromatic carbocycles. The van der Waals surface area contributed by atoms with E-state index in [1.165, 1.54) is 0 Å². The molecular weight excluding hydrogens is 422 g/mol. The lowest BCUT2D eigenvalue weighted by Gasteiger charge is -2.30. The fourth-order valence-electron chi connectivity index (χ4n) is 3.69. The van der Waals surface area contributed by atoms with Crippen molar-refractivity contribution < 1.29 is 4.79 Å². The molecule has 0 radical (unpaired) electrons. The van der Waals surface area contributed by atoms with Gasteiger partial charge < -0.3 is 5.32 Å². The average molecular weight is 448 g/mol. The van der Waals surface area contributed by atoms with Gasteiger partial charge >= 0.3 is 0 Å². The maximum Gasteiger partial charge on any atom is 0.290 e. The lowest BCUT2D eigenvalue weighted by Crippen LogP contribution is -2.34. The summed E-state index contributed by atoms with van der Waals surface area (Å²) in [6, 6.07) is 23.0. The Hall–Kier alpha value is -3.22. The van der Waals surface area contributed by atoms with Crippen LogP contribution in [0.4, 0.5) is 11.5 Å². The Morgan fingerprint density at radius 2 is 1.78 bits per heavy atom. The Balaban J connectivity index is 1.24. The van der Waals surface area contributed by atoms with Crippen molar-refractivity contribution in [1.29, 1.82) is 0 Å². The van der Waals surface area contributed by atoms with Crippen LogP contribution in [0.3, 0.4) is 0 Å². The Morgan fingerprint density at radius 1 is 1.03 bits per heavy atom. The number of para-hydroxylation sites is 1. The quantitative estimate of drug-likeness (QED) is 0.390. The van der Waals surface area contributed by atoms with Crippen LogP contribution in [0.2, 0.25) is 5.02 Å². The van der Waals surface area contributed by atoms with Crippen LogP contribution < -0.4 is 10.7 Å². The largest absolute Gasteiger partial charge is 0.340 e. The SMILES string of the molecule is O=C(N/N=C/C1CCN(Cc2ccccc2Cl)CC1)c1cccc(Nc2ccccc2)n1. The number of aromatic nitrogens is 1. The molecular formula is C25H26ClN5O. The van der Waals surface area contributed by atoms with Gasteiger partial charge in [-0.3, -0.25) is 9.69 Å². The van der Waals surface area contributed by atoms with E-state index in [0.29, 0.717) is 17.4 Å². The molecule has 1 saturated heterocycles. The van der Waals surface area contributed by atoms with Gasteiger partial charge in [-0.2, -0.15) is 5.10 Å². The monoisotopic (exact) mass is 447 g/mol. The molecule has 3 aromatic rings. The van der Waals surface area contributed by atoms with Crippen LogP contribution in [0, 0.1) is 5.92 Å². The van der Waals surface area contributed by atoms with Crippen molar-refractivity contribution in [2.24, 2.45) is 11.0 Å². The molecule has 164 valence electrons. The summed E-state index contributed by atoms with van der Waals surface area (Å²) >= 11 is 6.27. The standard InChI is InChI=1S/C25H26ClN5O/c26-22-10-5-4-7-20(22)18-31-15-13-19(14-16-31)17-27-30-25(32)23-11-6-12-24(29-23)28-21-8-2-1-3-9-21/h1-12,17,19H,13-16,18H2,(H,28,29)(H,30,32)/b27-17+. The van der Waals surface area contributed by atoms with Gasteiger partial charge in [0, 0.05) is 23.5 Å². The van der Waals surface area contributed by atoms with Crippen molar-refractivity contribution in [1.82, 2.24) is 15.3 Å². The first kappa shape index (κ1) is 22.0. The topological polar surface area (TPSA) is 69.6 Å². The van der Waals surface area contributed by atoms with Crippen molar-refractivity contribution in [3.63, 3.8) is 0 Å². The van der Waals surface area contributed by atoms with Gasteiger partial charge in [-0.25, -0.2) is 10.4 Å². The maximum atomic E-state index is 12.4. The third-order valence-corrected chi connectivity index (χ3v) is 5.83. The molecule has 1 aromatic heterocycles. The van der Waals surface area contributed by atoms with E-state index in [1.54, 1.807) is 12.1 Å². The summed E-state index contributed by atoms with van der Waals surface area (Å²) in [4.78, 5) is 19.2. The van der Waals surface area contributed by atoms with E-state index < -0.39 is 0 Å². The highest BCUT2D eigenvalue weighted by molar-refractivity contribution is 6.31. The Kier molecular flexibility index (Phi) is 7.48. The zero-order valence-electron chi connectivity index (χ0n) is 17.7. The molecule has 6 nitrogen and oxygen atoms in total. The maximum absolute atomic E-state index is 12.4. The Bertz CT molecular complexity index is 1060. The minimum absolute atomic E-state index is 0.317. The number of likely N-dealkylation sites (tertiary alicyclic amines) is 1. The van der Waals surface area contributed by atoms with Crippen molar-refractivity contribution in [3.05, 3.63) is 89.1 Å². The molecule has 1 aliphatic heterocycles. The lowest BCUT2D eigenvalue weighted by atomic mass is 9.98. The molecule has 0 aliphatic carbocycles. The molecule has 1 aliphatic rings. The molecule has 2 heterocycles. The van der Waals surface area contributed by atoms with E-state index in [9.17, 15) is 4.79 Å². The Labute approximate surface area is 193 Å². The van der Waals surface area contributed by atoms with Crippen LogP contribution in [0.25, 0.3) is 0 Å². The summed E-state index contributed by atoms with van der Waals surface area (Å²) in [7, 11) is 0. The second-order valence-electron chi connectivity index (χ2n) is 7.82. The first-order valence-electron chi connectivity index (χ1n) is 10.8. The number of nitrogens with zero attached hydrogens (tertiary/aromatic N) is 3. The van der Waals surface area contributed by atoms with Gasteiger partial charge in [0.2, 0.25) is 0 Å². The number of hydrazone groups is 1. The number of amides is 1. The molecule has 4 rings (SSSR count). The van der Waals surface area contributed by atoms with Gasteiger partial charge in [0.25, 0.3) is 5.91 Å². The molecule has 0 unspecified atom stereocenters. The average Bonchev–Trinajstić information content (AvgIpc) is 2.82. The van der Waals surface area contributed by atoms with Gasteiger partial charge in [-0.15, -0.1) is 0 Å². The third-order valence-electron chi connectivity index (χ3n) is 5.46. The van der Waals surface area contributed by atoms with Crippen LogP contribution in [0.1, 0.15) is 28.9 Å². The summed E-state index contributed by atoms with van der Waals surface area (Å²) in [6.07, 6.45) is 3.84. The summed E-state index contributed by atoms with van der Waals surface area (Å²) in [5.41, 5.74) is 4.99. The van der Waals surface area contributed by atoms with Crippen molar-refractivity contribution in [2.45, 2.75) is 19.4 Å². The minimum atomic E-state index is -0.325. The van der Waals surface area contributed by atoms with Crippen molar-refractivity contribution in [3.8, 4) is 0 Å². The highest BCUT2D eigenvalue weighted by Crippen LogP contribution is 2.21. The number of carbonyl (C=O) groups excluding carboxylic acids is 1. The second kappa shape index (κ2) is 10.9. The summed E-state index contributed by atoms with van der Waals surface area (Å²) in [6.45, 7) is 2.81. The number of pyridine rings is 1. The van der Waals surface area contributed by atoms with E-state index in [2.05, 4.69) is 31.8 Å². The van der Waals surface area contributed by atoms with E-state index >= 15 is 0 Å².